The molecule has 0 spiro atoms. The molecule has 5 heterocycles. The van der Waals surface area contributed by atoms with Gasteiger partial charge >= 0.3 is 0 Å². The van der Waals surface area contributed by atoms with Crippen LogP contribution in [-0.2, 0) is 9.47 Å². The molecule has 134 valence electrons. The molecule has 2 bridgehead atoms. The number of aliphatic hydroxyl groups excluding tert-OH is 1. The number of hydrogen-bond acceptors (Lipinski definition) is 5. The van der Waals surface area contributed by atoms with Crippen LogP contribution in [-0.4, -0.2) is 60.4 Å². The average Bonchev–Trinajstić information content (AvgIpc) is 2.91. The molecule has 1 N–H and O–H groups in total. The first-order chi connectivity index (χ1) is 12.1. The molecular formula is C19H24NO3S2+. The SMILES string of the molecule is C[N+]1(C)C2CC(OC(O)C(c3cccs3)c3cccs3)CC1C1OC12. The Bertz CT molecular complexity index is 676. The second kappa shape index (κ2) is 5.87. The van der Waals surface area contributed by atoms with Gasteiger partial charge in [0.15, 0.2) is 6.29 Å². The fraction of sp³-hybridized carbons (Fsp3) is 0.579. The van der Waals surface area contributed by atoms with E-state index in [9.17, 15) is 5.11 Å². The lowest BCUT2D eigenvalue weighted by molar-refractivity contribution is -0.938. The van der Waals surface area contributed by atoms with E-state index in [-0.39, 0.29) is 12.0 Å². The summed E-state index contributed by atoms with van der Waals surface area (Å²) in [5.41, 5.74) is 0. The number of quaternary nitrogens is 1. The second-order valence-corrected chi connectivity index (χ2v) is 9.92. The van der Waals surface area contributed by atoms with Gasteiger partial charge in [-0.05, 0) is 22.9 Å². The predicted molar refractivity (Wildman–Crippen MR) is 98.9 cm³/mol. The van der Waals surface area contributed by atoms with E-state index in [0.717, 1.165) is 27.1 Å². The molecule has 3 aliphatic heterocycles. The van der Waals surface area contributed by atoms with Crippen molar-refractivity contribution in [3.8, 4) is 0 Å². The predicted octanol–water partition coefficient (Wildman–Crippen LogP) is 3.03. The lowest BCUT2D eigenvalue weighted by Gasteiger charge is -2.46. The van der Waals surface area contributed by atoms with Crippen LogP contribution in [0.4, 0.5) is 0 Å². The van der Waals surface area contributed by atoms with Crippen molar-refractivity contribution in [2.24, 2.45) is 0 Å². The summed E-state index contributed by atoms with van der Waals surface area (Å²) < 4.78 is 13.1. The average molecular weight is 379 g/mol. The first-order valence-electron chi connectivity index (χ1n) is 8.95. The number of thiophene rings is 2. The van der Waals surface area contributed by atoms with Crippen LogP contribution in [0.2, 0.25) is 0 Å². The first-order valence-corrected chi connectivity index (χ1v) is 10.7. The topological polar surface area (TPSA) is 42.0 Å². The molecular weight excluding hydrogens is 354 g/mol. The Morgan fingerprint density at radius 1 is 1.08 bits per heavy atom. The van der Waals surface area contributed by atoms with Gasteiger partial charge in [-0.15, -0.1) is 22.7 Å². The fourth-order valence-corrected chi connectivity index (χ4v) is 6.75. The van der Waals surface area contributed by atoms with E-state index in [2.05, 4.69) is 37.0 Å². The summed E-state index contributed by atoms with van der Waals surface area (Å²) in [4.78, 5) is 2.33. The maximum Gasteiger partial charge on any atom is 0.167 e. The number of likely N-dealkylation sites (N-methyl/N-ethyl adjacent to an activating group) is 1. The Morgan fingerprint density at radius 2 is 1.64 bits per heavy atom. The van der Waals surface area contributed by atoms with Crippen LogP contribution in [0.15, 0.2) is 35.0 Å². The smallest absolute Gasteiger partial charge is 0.167 e. The third-order valence-electron chi connectivity index (χ3n) is 6.35. The molecule has 0 aromatic carbocycles. The van der Waals surface area contributed by atoms with Crippen LogP contribution in [0.5, 0.6) is 0 Å². The Hall–Kier alpha value is -0.760. The van der Waals surface area contributed by atoms with Gasteiger partial charge in [0.25, 0.3) is 0 Å². The molecule has 2 aromatic heterocycles. The van der Waals surface area contributed by atoms with Gasteiger partial charge in [-0.2, -0.15) is 0 Å². The zero-order valence-corrected chi connectivity index (χ0v) is 16.1. The van der Waals surface area contributed by atoms with Gasteiger partial charge in [0.05, 0.1) is 26.1 Å². The van der Waals surface area contributed by atoms with Crippen LogP contribution in [0.3, 0.4) is 0 Å². The lowest BCUT2D eigenvalue weighted by Crippen LogP contribution is -2.60. The van der Waals surface area contributed by atoms with Gasteiger partial charge in [0.2, 0.25) is 0 Å². The van der Waals surface area contributed by atoms with Gasteiger partial charge in [-0.3, -0.25) is 0 Å². The highest BCUT2D eigenvalue weighted by Crippen LogP contribution is 2.52. The van der Waals surface area contributed by atoms with Crippen molar-refractivity contribution in [3.05, 3.63) is 44.8 Å². The maximum atomic E-state index is 11.0. The maximum absolute atomic E-state index is 11.0. The molecule has 2 aromatic rings. The van der Waals surface area contributed by atoms with E-state index in [1.54, 1.807) is 22.7 Å². The van der Waals surface area contributed by atoms with Gasteiger partial charge < -0.3 is 19.1 Å². The molecule has 3 saturated heterocycles. The monoisotopic (exact) mass is 378 g/mol. The Labute approximate surface area is 156 Å². The van der Waals surface area contributed by atoms with E-state index < -0.39 is 6.29 Å². The third kappa shape index (κ3) is 2.62. The molecule has 0 amide bonds. The van der Waals surface area contributed by atoms with E-state index in [1.807, 2.05) is 12.1 Å². The molecule has 4 nitrogen and oxygen atoms in total. The number of morpholine rings is 1. The van der Waals surface area contributed by atoms with Gasteiger partial charge in [0, 0.05) is 22.6 Å². The number of nitrogens with zero attached hydrogens (tertiary/aromatic N) is 1. The van der Waals surface area contributed by atoms with Crippen molar-refractivity contribution in [3.63, 3.8) is 0 Å². The summed E-state index contributed by atoms with van der Waals surface area (Å²) >= 11 is 3.37. The highest BCUT2D eigenvalue weighted by molar-refractivity contribution is 7.11. The van der Waals surface area contributed by atoms with Gasteiger partial charge in [-0.25, -0.2) is 0 Å². The lowest BCUT2D eigenvalue weighted by atomic mass is 9.96. The molecule has 5 rings (SSSR count). The van der Waals surface area contributed by atoms with E-state index in [1.165, 1.54) is 0 Å². The fourth-order valence-electron chi connectivity index (χ4n) is 4.95. The Kier molecular flexibility index (Phi) is 3.86. The van der Waals surface area contributed by atoms with E-state index in [0.29, 0.717) is 24.3 Å². The van der Waals surface area contributed by atoms with Crippen molar-refractivity contribution in [2.45, 2.75) is 55.4 Å². The summed E-state index contributed by atoms with van der Waals surface area (Å²) in [6, 6.07) is 9.27. The summed E-state index contributed by atoms with van der Waals surface area (Å²) in [5, 5.41) is 15.1. The molecule has 3 fully saturated rings. The third-order valence-corrected chi connectivity index (χ3v) is 8.27. The second-order valence-electron chi connectivity index (χ2n) is 7.96. The minimum Gasteiger partial charge on any atom is -0.367 e. The zero-order valence-electron chi connectivity index (χ0n) is 14.4. The van der Waals surface area contributed by atoms with Crippen LogP contribution >= 0.6 is 22.7 Å². The number of piperidine rings is 1. The standard InChI is InChI=1S/C19H24NO3S2/c1-20(2)12-9-11(10-13(20)18-17(12)23-18)22-19(21)16(14-5-3-7-24-14)15-6-4-8-25-15/h3-8,11-13,16-19,21H,9-10H2,1-2H3/q+1. The normalized spacial score (nSPS) is 36.4. The quantitative estimate of drug-likeness (QED) is 0.494. The molecule has 3 aliphatic rings. The van der Waals surface area contributed by atoms with Crippen LogP contribution < -0.4 is 0 Å². The molecule has 5 unspecified atom stereocenters. The molecule has 6 heteroatoms. The number of hydrogen-bond donors (Lipinski definition) is 1. The van der Waals surface area contributed by atoms with Crippen LogP contribution in [0.1, 0.15) is 28.5 Å². The van der Waals surface area contributed by atoms with Crippen molar-refractivity contribution in [1.29, 1.82) is 0 Å². The van der Waals surface area contributed by atoms with E-state index in [4.69, 9.17) is 9.47 Å². The number of rotatable bonds is 5. The molecule has 0 aliphatic carbocycles. The number of aliphatic hydroxyl groups is 1. The number of epoxide rings is 1. The molecule has 0 saturated carbocycles. The zero-order chi connectivity index (χ0) is 17.2. The van der Waals surface area contributed by atoms with E-state index >= 15 is 0 Å². The summed E-state index contributed by atoms with van der Waals surface area (Å²) in [5.74, 6) is -0.0899. The van der Waals surface area contributed by atoms with Gasteiger partial charge in [0.1, 0.15) is 24.3 Å². The molecule has 5 atom stereocenters. The minimum atomic E-state index is -0.798. The molecule has 25 heavy (non-hydrogen) atoms. The van der Waals surface area contributed by atoms with Crippen LogP contribution in [0, 0.1) is 0 Å². The Morgan fingerprint density at radius 3 is 2.12 bits per heavy atom. The highest BCUT2D eigenvalue weighted by atomic mass is 32.1. The summed E-state index contributed by atoms with van der Waals surface area (Å²) in [6.07, 6.45) is 2.10. The minimum absolute atomic E-state index is 0.0899. The first kappa shape index (κ1) is 16.4. The van der Waals surface area contributed by atoms with Crippen molar-refractivity contribution < 1.29 is 19.1 Å². The molecule has 0 radical (unpaired) electrons. The van der Waals surface area contributed by atoms with Gasteiger partial charge in [-0.1, -0.05) is 12.1 Å². The number of ether oxygens (including phenoxy) is 2. The van der Waals surface area contributed by atoms with Crippen molar-refractivity contribution in [1.82, 2.24) is 0 Å². The van der Waals surface area contributed by atoms with Crippen molar-refractivity contribution >= 4 is 22.7 Å². The summed E-state index contributed by atoms with van der Waals surface area (Å²) in [7, 11) is 4.63. The highest BCUT2D eigenvalue weighted by Gasteiger charge is 2.70. The Balaban J connectivity index is 1.34. The van der Waals surface area contributed by atoms with Crippen LogP contribution in [0.25, 0.3) is 0 Å². The van der Waals surface area contributed by atoms with Crippen molar-refractivity contribution in [2.75, 3.05) is 14.1 Å². The largest absolute Gasteiger partial charge is 0.367 e. The number of fused-ring (bicyclic) bond motifs is 5. The summed E-state index contributed by atoms with van der Waals surface area (Å²) in [6.45, 7) is 0.